The summed E-state index contributed by atoms with van der Waals surface area (Å²) >= 11 is 0. The standard InChI is InChI=1S/C13H22N2O2/c1-3-13(4-2)8-11(16)15(12(13)17)10-6-5-7-14-9-10/h10,14H,3-9H2,1-2H3. The Hall–Kier alpha value is -0.900. The molecule has 1 unspecified atom stereocenters. The molecule has 0 bridgehead atoms. The van der Waals surface area contributed by atoms with Gasteiger partial charge in [0.25, 0.3) is 0 Å². The second-order valence-electron chi connectivity index (χ2n) is 5.23. The van der Waals surface area contributed by atoms with E-state index in [4.69, 9.17) is 0 Å². The topological polar surface area (TPSA) is 49.4 Å². The maximum Gasteiger partial charge on any atom is 0.236 e. The molecule has 4 heteroatoms. The van der Waals surface area contributed by atoms with Crippen LogP contribution in [0.5, 0.6) is 0 Å². The van der Waals surface area contributed by atoms with Gasteiger partial charge in [0.2, 0.25) is 11.8 Å². The van der Waals surface area contributed by atoms with Crippen molar-refractivity contribution < 1.29 is 9.59 Å². The predicted molar refractivity (Wildman–Crippen MR) is 65.4 cm³/mol. The van der Waals surface area contributed by atoms with Crippen molar-refractivity contribution in [3.8, 4) is 0 Å². The van der Waals surface area contributed by atoms with E-state index in [-0.39, 0.29) is 17.9 Å². The van der Waals surface area contributed by atoms with Gasteiger partial charge in [-0.1, -0.05) is 13.8 Å². The molecule has 2 aliphatic heterocycles. The molecule has 1 atom stereocenters. The number of amides is 2. The monoisotopic (exact) mass is 238 g/mol. The van der Waals surface area contributed by atoms with Crippen molar-refractivity contribution in [1.82, 2.24) is 10.2 Å². The first-order valence-electron chi connectivity index (χ1n) is 6.72. The highest BCUT2D eigenvalue weighted by Gasteiger charge is 2.51. The van der Waals surface area contributed by atoms with Crippen molar-refractivity contribution in [1.29, 1.82) is 0 Å². The summed E-state index contributed by atoms with van der Waals surface area (Å²) in [5.41, 5.74) is -0.408. The van der Waals surface area contributed by atoms with Gasteiger partial charge in [-0.3, -0.25) is 14.5 Å². The first kappa shape index (κ1) is 12.6. The summed E-state index contributed by atoms with van der Waals surface area (Å²) in [5, 5.41) is 3.27. The highest BCUT2D eigenvalue weighted by molar-refractivity contribution is 6.06. The molecule has 17 heavy (non-hydrogen) atoms. The van der Waals surface area contributed by atoms with Gasteiger partial charge in [0.15, 0.2) is 0 Å². The minimum Gasteiger partial charge on any atom is -0.315 e. The summed E-state index contributed by atoms with van der Waals surface area (Å²) in [6, 6.07) is 0.0868. The molecule has 96 valence electrons. The molecule has 0 aromatic carbocycles. The number of nitrogens with one attached hydrogen (secondary N) is 1. The third-order valence-electron chi connectivity index (χ3n) is 4.42. The van der Waals surface area contributed by atoms with Crippen LogP contribution in [-0.2, 0) is 9.59 Å². The lowest BCUT2D eigenvalue weighted by molar-refractivity contribution is -0.144. The maximum absolute atomic E-state index is 12.5. The van der Waals surface area contributed by atoms with E-state index in [1.165, 1.54) is 0 Å². The van der Waals surface area contributed by atoms with E-state index in [9.17, 15) is 9.59 Å². The average Bonchev–Trinajstić information content (AvgIpc) is 2.62. The molecule has 0 spiro atoms. The van der Waals surface area contributed by atoms with Crippen LogP contribution in [0.2, 0.25) is 0 Å². The van der Waals surface area contributed by atoms with Gasteiger partial charge < -0.3 is 5.32 Å². The largest absolute Gasteiger partial charge is 0.315 e. The van der Waals surface area contributed by atoms with Crippen LogP contribution in [0, 0.1) is 5.41 Å². The van der Waals surface area contributed by atoms with Crippen LogP contribution in [0.3, 0.4) is 0 Å². The fourth-order valence-corrected chi connectivity index (χ4v) is 3.04. The number of carbonyl (C=O) groups excluding carboxylic acids is 2. The van der Waals surface area contributed by atoms with Crippen molar-refractivity contribution in [2.75, 3.05) is 13.1 Å². The number of carbonyl (C=O) groups is 2. The van der Waals surface area contributed by atoms with Crippen molar-refractivity contribution in [3.05, 3.63) is 0 Å². The van der Waals surface area contributed by atoms with Crippen molar-refractivity contribution in [2.24, 2.45) is 5.41 Å². The molecule has 2 rings (SSSR count). The van der Waals surface area contributed by atoms with Gasteiger partial charge >= 0.3 is 0 Å². The third-order valence-corrected chi connectivity index (χ3v) is 4.42. The van der Waals surface area contributed by atoms with Crippen molar-refractivity contribution >= 4 is 11.8 Å². The Balaban J connectivity index is 2.18. The van der Waals surface area contributed by atoms with Crippen LogP contribution in [0.15, 0.2) is 0 Å². The third kappa shape index (κ3) is 1.99. The van der Waals surface area contributed by atoms with E-state index in [0.717, 1.165) is 38.8 Å². The Bertz CT molecular complexity index is 317. The van der Waals surface area contributed by atoms with E-state index < -0.39 is 5.41 Å². The Morgan fingerprint density at radius 1 is 1.35 bits per heavy atom. The number of hydrogen-bond donors (Lipinski definition) is 1. The molecule has 0 saturated carbocycles. The summed E-state index contributed by atoms with van der Waals surface area (Å²) in [6.45, 7) is 5.79. The van der Waals surface area contributed by atoms with E-state index in [0.29, 0.717) is 6.42 Å². The van der Waals surface area contributed by atoms with E-state index in [2.05, 4.69) is 5.32 Å². The van der Waals surface area contributed by atoms with Crippen LogP contribution in [0.25, 0.3) is 0 Å². The summed E-state index contributed by atoms with van der Waals surface area (Å²) in [4.78, 5) is 26.1. The minimum absolute atomic E-state index is 0.0346. The van der Waals surface area contributed by atoms with Gasteiger partial charge in [-0.15, -0.1) is 0 Å². The predicted octanol–water partition coefficient (Wildman–Crippen LogP) is 1.30. The zero-order chi connectivity index (χ0) is 12.5. The zero-order valence-corrected chi connectivity index (χ0v) is 10.8. The number of imide groups is 1. The molecule has 0 aliphatic carbocycles. The van der Waals surface area contributed by atoms with Crippen molar-refractivity contribution in [3.63, 3.8) is 0 Å². The molecular formula is C13H22N2O2. The summed E-state index contributed by atoms with van der Waals surface area (Å²) in [7, 11) is 0. The lowest BCUT2D eigenvalue weighted by Gasteiger charge is -2.32. The number of hydrogen-bond acceptors (Lipinski definition) is 3. The molecule has 2 aliphatic rings. The molecule has 2 saturated heterocycles. The van der Waals surface area contributed by atoms with Gasteiger partial charge in [-0.2, -0.15) is 0 Å². The van der Waals surface area contributed by atoms with Crippen LogP contribution in [0.1, 0.15) is 46.0 Å². The SMILES string of the molecule is CCC1(CC)CC(=O)N(C2CCCNC2)C1=O. The minimum atomic E-state index is -0.408. The molecule has 0 aromatic rings. The lowest BCUT2D eigenvalue weighted by Crippen LogP contribution is -2.49. The molecule has 0 aromatic heterocycles. The number of likely N-dealkylation sites (tertiary alicyclic amines) is 1. The fourth-order valence-electron chi connectivity index (χ4n) is 3.04. The summed E-state index contributed by atoms with van der Waals surface area (Å²) < 4.78 is 0. The quantitative estimate of drug-likeness (QED) is 0.754. The fraction of sp³-hybridized carbons (Fsp3) is 0.846. The number of piperidine rings is 1. The normalized spacial score (nSPS) is 28.8. The average molecular weight is 238 g/mol. The number of rotatable bonds is 3. The van der Waals surface area contributed by atoms with Crippen LogP contribution >= 0.6 is 0 Å². The smallest absolute Gasteiger partial charge is 0.236 e. The Morgan fingerprint density at radius 2 is 2.06 bits per heavy atom. The summed E-state index contributed by atoms with van der Waals surface area (Å²) in [5.74, 6) is 0.105. The first-order valence-corrected chi connectivity index (χ1v) is 6.72. The van der Waals surface area contributed by atoms with Crippen LogP contribution in [0.4, 0.5) is 0 Å². The van der Waals surface area contributed by atoms with Gasteiger partial charge in [-0.05, 0) is 32.2 Å². The van der Waals surface area contributed by atoms with Gasteiger partial charge in [0.05, 0.1) is 11.5 Å². The van der Waals surface area contributed by atoms with Gasteiger partial charge in [0, 0.05) is 13.0 Å². The van der Waals surface area contributed by atoms with Crippen molar-refractivity contribution in [2.45, 2.75) is 52.0 Å². The highest BCUT2D eigenvalue weighted by atomic mass is 16.2. The number of nitrogens with zero attached hydrogens (tertiary/aromatic N) is 1. The second-order valence-corrected chi connectivity index (χ2v) is 5.23. The van der Waals surface area contributed by atoms with Crippen LogP contribution in [-0.4, -0.2) is 35.8 Å². The lowest BCUT2D eigenvalue weighted by atomic mass is 9.81. The van der Waals surface area contributed by atoms with E-state index >= 15 is 0 Å². The molecule has 2 amide bonds. The molecule has 4 nitrogen and oxygen atoms in total. The van der Waals surface area contributed by atoms with Gasteiger partial charge in [0.1, 0.15) is 0 Å². The van der Waals surface area contributed by atoms with E-state index in [1.54, 1.807) is 4.90 Å². The molecule has 2 heterocycles. The maximum atomic E-state index is 12.5. The Kier molecular flexibility index (Phi) is 3.52. The Morgan fingerprint density at radius 3 is 2.53 bits per heavy atom. The molecular weight excluding hydrogens is 216 g/mol. The summed E-state index contributed by atoms with van der Waals surface area (Å²) in [6.07, 6.45) is 3.95. The zero-order valence-electron chi connectivity index (χ0n) is 10.8. The highest BCUT2D eigenvalue weighted by Crippen LogP contribution is 2.40. The first-order chi connectivity index (χ1) is 8.14. The molecule has 1 N–H and O–H groups in total. The molecule has 0 radical (unpaired) electrons. The Labute approximate surface area is 103 Å². The van der Waals surface area contributed by atoms with Crippen LogP contribution < -0.4 is 5.32 Å². The van der Waals surface area contributed by atoms with E-state index in [1.807, 2.05) is 13.8 Å². The second kappa shape index (κ2) is 4.77. The molecule has 2 fully saturated rings. The van der Waals surface area contributed by atoms with Gasteiger partial charge in [-0.25, -0.2) is 0 Å².